The first-order valence-electron chi connectivity index (χ1n) is 8.70. The average Bonchev–Trinajstić information content (AvgIpc) is 3.32. The van der Waals surface area contributed by atoms with E-state index in [1.54, 1.807) is 4.90 Å². The monoisotopic (exact) mass is 366 g/mol. The maximum absolute atomic E-state index is 13.3. The smallest absolute Gasteiger partial charge is 0.374 e. The summed E-state index contributed by atoms with van der Waals surface area (Å²) in [5.41, 5.74) is -0.654. The van der Waals surface area contributed by atoms with Crippen LogP contribution in [0.4, 0.5) is 13.2 Å². The fraction of sp³-hybridized carbons (Fsp3) is 0.588. The van der Waals surface area contributed by atoms with Crippen molar-refractivity contribution >= 4 is 11.6 Å². The van der Waals surface area contributed by atoms with Gasteiger partial charge in [-0.2, -0.15) is 18.3 Å². The minimum absolute atomic E-state index is 0.0430. The number of nitrogens with zero attached hydrogens (tertiary/aromatic N) is 4. The lowest BCUT2D eigenvalue weighted by atomic mass is 9.82. The summed E-state index contributed by atoms with van der Waals surface area (Å²) < 4.78 is 46.4. The average molecular weight is 366 g/mol. The molecule has 3 saturated heterocycles. The molecular weight excluding hydrogens is 349 g/mol. The first-order valence-corrected chi connectivity index (χ1v) is 8.70. The Kier molecular flexibility index (Phi) is 3.20. The molecule has 26 heavy (non-hydrogen) atoms. The summed E-state index contributed by atoms with van der Waals surface area (Å²) in [6, 6.07) is 0.934. The van der Waals surface area contributed by atoms with Crippen LogP contribution < -0.4 is 0 Å². The van der Waals surface area contributed by atoms with E-state index >= 15 is 0 Å². The first-order chi connectivity index (χ1) is 12.3. The first kappa shape index (κ1) is 16.0. The molecule has 3 fully saturated rings. The molecule has 0 radical (unpaired) electrons. The van der Waals surface area contributed by atoms with E-state index in [-0.39, 0.29) is 35.0 Å². The summed E-state index contributed by atoms with van der Waals surface area (Å²) >= 11 is 0. The number of hydrogen-bond acceptors (Lipinski definition) is 4. The molecule has 2 aromatic heterocycles. The predicted octanol–water partition coefficient (Wildman–Crippen LogP) is 2.31. The molecule has 0 aliphatic carbocycles. The zero-order valence-corrected chi connectivity index (χ0v) is 14.0. The highest BCUT2D eigenvalue weighted by atomic mass is 19.4. The summed E-state index contributed by atoms with van der Waals surface area (Å²) in [5, 5.41) is 3.80. The van der Waals surface area contributed by atoms with Crippen LogP contribution in [-0.4, -0.2) is 50.7 Å². The zero-order valence-electron chi connectivity index (χ0n) is 14.0. The SMILES string of the molecule is Cc1cc(C(F)(F)F)n2ncc(C(=O)N3C[C@@H]4[C@H](C3)[C@H]3CC[C@@H]4O3)c2n1. The second-order valence-electron chi connectivity index (χ2n) is 7.40. The zero-order chi connectivity index (χ0) is 18.2. The highest BCUT2D eigenvalue weighted by Crippen LogP contribution is 2.47. The van der Waals surface area contributed by atoms with Crippen molar-refractivity contribution in [3.05, 3.63) is 29.2 Å². The van der Waals surface area contributed by atoms with Crippen molar-refractivity contribution in [3.8, 4) is 0 Å². The number of amides is 1. The molecule has 4 atom stereocenters. The summed E-state index contributed by atoms with van der Waals surface area (Å²) in [5.74, 6) is 0.361. The van der Waals surface area contributed by atoms with Crippen molar-refractivity contribution in [1.29, 1.82) is 0 Å². The van der Waals surface area contributed by atoms with Gasteiger partial charge < -0.3 is 9.64 Å². The van der Waals surface area contributed by atoms with Crippen molar-refractivity contribution in [1.82, 2.24) is 19.5 Å². The number of fused-ring (bicyclic) bond motifs is 6. The minimum Gasteiger partial charge on any atom is -0.374 e. The largest absolute Gasteiger partial charge is 0.433 e. The molecule has 0 N–H and O–H groups in total. The molecule has 3 aliphatic heterocycles. The molecule has 0 aromatic carbocycles. The number of ether oxygens (including phenoxy) is 1. The molecule has 3 aliphatic rings. The number of likely N-dealkylation sites (tertiary alicyclic amines) is 1. The number of alkyl halides is 3. The van der Waals surface area contributed by atoms with Gasteiger partial charge in [0, 0.05) is 30.6 Å². The maximum Gasteiger partial charge on any atom is 0.433 e. The third-order valence-electron chi connectivity index (χ3n) is 5.86. The van der Waals surface area contributed by atoms with E-state index in [1.807, 2.05) is 0 Å². The van der Waals surface area contributed by atoms with Crippen LogP contribution >= 0.6 is 0 Å². The highest BCUT2D eigenvalue weighted by Gasteiger charge is 2.54. The van der Waals surface area contributed by atoms with Crippen LogP contribution in [0, 0.1) is 18.8 Å². The van der Waals surface area contributed by atoms with Gasteiger partial charge >= 0.3 is 6.18 Å². The number of hydrogen-bond donors (Lipinski definition) is 0. The fourth-order valence-electron chi connectivity index (χ4n) is 4.73. The van der Waals surface area contributed by atoms with Crippen molar-refractivity contribution in [2.75, 3.05) is 13.1 Å². The standard InChI is InChI=1S/C17H17F3N4O2/c1-8-4-14(17(18,19)20)24-15(22-8)9(5-21-24)16(25)23-6-10-11(7-23)13-3-2-12(10)26-13/h4-5,10-13H,2-3,6-7H2,1H3/t10-,11+,12+,13-. The number of halogens is 3. The van der Waals surface area contributed by atoms with Crippen LogP contribution in [0.1, 0.15) is 34.6 Å². The van der Waals surface area contributed by atoms with Gasteiger partial charge in [-0.05, 0) is 25.8 Å². The Morgan fingerprint density at radius 1 is 1.23 bits per heavy atom. The van der Waals surface area contributed by atoms with Crippen molar-refractivity contribution in [2.45, 2.75) is 38.1 Å². The maximum atomic E-state index is 13.3. The molecular formula is C17H17F3N4O2. The van der Waals surface area contributed by atoms with Gasteiger partial charge in [0.05, 0.1) is 18.4 Å². The number of rotatable bonds is 1. The number of carbonyl (C=O) groups excluding carboxylic acids is 1. The molecule has 5 heterocycles. The van der Waals surface area contributed by atoms with Crippen molar-refractivity contribution < 1.29 is 22.7 Å². The normalized spacial score (nSPS) is 30.4. The van der Waals surface area contributed by atoms with Crippen LogP contribution in [0.15, 0.2) is 12.3 Å². The van der Waals surface area contributed by atoms with Crippen LogP contribution in [0.2, 0.25) is 0 Å². The van der Waals surface area contributed by atoms with Crippen LogP contribution in [-0.2, 0) is 10.9 Å². The van der Waals surface area contributed by atoms with Gasteiger partial charge in [0.15, 0.2) is 5.65 Å². The molecule has 6 nitrogen and oxygen atoms in total. The van der Waals surface area contributed by atoms with Gasteiger partial charge in [0.1, 0.15) is 11.3 Å². The van der Waals surface area contributed by atoms with E-state index in [2.05, 4.69) is 10.1 Å². The molecule has 0 spiro atoms. The summed E-state index contributed by atoms with van der Waals surface area (Å²) in [6.07, 6.45) is -0.897. The van der Waals surface area contributed by atoms with E-state index in [0.29, 0.717) is 29.4 Å². The summed E-state index contributed by atoms with van der Waals surface area (Å²) in [7, 11) is 0. The third kappa shape index (κ3) is 2.19. The fourth-order valence-corrected chi connectivity index (χ4v) is 4.73. The Labute approximate surface area is 146 Å². The van der Waals surface area contributed by atoms with Gasteiger partial charge in [-0.3, -0.25) is 4.79 Å². The molecule has 5 rings (SSSR count). The van der Waals surface area contributed by atoms with E-state index in [1.165, 1.54) is 13.1 Å². The van der Waals surface area contributed by atoms with Gasteiger partial charge in [-0.25, -0.2) is 9.50 Å². The Hall–Kier alpha value is -2.16. The topological polar surface area (TPSA) is 59.7 Å². The molecule has 2 bridgehead atoms. The third-order valence-corrected chi connectivity index (χ3v) is 5.86. The number of carbonyl (C=O) groups is 1. The molecule has 0 saturated carbocycles. The van der Waals surface area contributed by atoms with Gasteiger partial charge in [-0.1, -0.05) is 0 Å². The predicted molar refractivity (Wildman–Crippen MR) is 83.5 cm³/mol. The van der Waals surface area contributed by atoms with E-state index < -0.39 is 11.9 Å². The quantitative estimate of drug-likeness (QED) is 0.777. The van der Waals surface area contributed by atoms with E-state index in [4.69, 9.17) is 4.74 Å². The van der Waals surface area contributed by atoms with Gasteiger partial charge in [0.25, 0.3) is 5.91 Å². The molecule has 9 heteroatoms. The second-order valence-corrected chi connectivity index (χ2v) is 7.40. The van der Waals surface area contributed by atoms with E-state index in [0.717, 1.165) is 18.9 Å². The Morgan fingerprint density at radius 3 is 2.50 bits per heavy atom. The Morgan fingerprint density at radius 2 is 1.88 bits per heavy atom. The Balaban J connectivity index is 1.50. The van der Waals surface area contributed by atoms with Crippen molar-refractivity contribution in [3.63, 3.8) is 0 Å². The van der Waals surface area contributed by atoms with Gasteiger partial charge in [0.2, 0.25) is 0 Å². The van der Waals surface area contributed by atoms with Crippen molar-refractivity contribution in [2.24, 2.45) is 11.8 Å². The van der Waals surface area contributed by atoms with Crippen LogP contribution in [0.3, 0.4) is 0 Å². The molecule has 2 aromatic rings. The molecule has 0 unspecified atom stereocenters. The lowest BCUT2D eigenvalue weighted by Crippen LogP contribution is -2.31. The number of aryl methyl sites for hydroxylation is 1. The highest BCUT2D eigenvalue weighted by molar-refractivity contribution is 5.99. The Bertz CT molecular complexity index is 891. The van der Waals surface area contributed by atoms with Gasteiger partial charge in [-0.15, -0.1) is 0 Å². The van der Waals surface area contributed by atoms with Crippen LogP contribution in [0.5, 0.6) is 0 Å². The minimum atomic E-state index is -4.57. The molecule has 1 amide bonds. The second kappa shape index (κ2) is 5.18. The molecule has 138 valence electrons. The lowest BCUT2D eigenvalue weighted by Gasteiger charge is -2.18. The summed E-state index contributed by atoms with van der Waals surface area (Å²) in [4.78, 5) is 18.8. The van der Waals surface area contributed by atoms with E-state index in [9.17, 15) is 18.0 Å². The summed E-state index contributed by atoms with van der Waals surface area (Å²) in [6.45, 7) is 2.64. The number of aromatic nitrogens is 3. The van der Waals surface area contributed by atoms with Crippen LogP contribution in [0.25, 0.3) is 5.65 Å². The lowest BCUT2D eigenvalue weighted by molar-refractivity contribution is -0.142.